The van der Waals surface area contributed by atoms with E-state index in [2.05, 4.69) is 37.5 Å². The third kappa shape index (κ3) is 4.19. The van der Waals surface area contributed by atoms with Crippen LogP contribution in [0.3, 0.4) is 0 Å². The molecule has 27 heavy (non-hydrogen) atoms. The Labute approximate surface area is 162 Å². The maximum absolute atomic E-state index is 12.3. The second-order valence-electron chi connectivity index (χ2n) is 6.81. The van der Waals surface area contributed by atoms with Gasteiger partial charge in [-0.15, -0.1) is 11.3 Å². The van der Waals surface area contributed by atoms with E-state index in [9.17, 15) is 4.79 Å². The fraction of sp³-hybridized carbons (Fsp3) is 0.350. The van der Waals surface area contributed by atoms with Crippen molar-refractivity contribution in [3.05, 3.63) is 69.4 Å². The number of rotatable bonds is 5. The van der Waals surface area contributed by atoms with Crippen molar-refractivity contribution in [2.45, 2.75) is 45.3 Å². The number of carbonyl (C=O) groups is 1. The first-order valence-electron chi connectivity index (χ1n) is 9.23. The molecule has 3 aromatic rings. The summed E-state index contributed by atoms with van der Waals surface area (Å²) in [6, 6.07) is 10.2. The molecule has 1 aromatic carbocycles. The molecule has 4 rings (SSSR count). The van der Waals surface area contributed by atoms with E-state index in [-0.39, 0.29) is 12.1 Å². The zero-order valence-corrected chi connectivity index (χ0v) is 16.1. The number of urea groups is 1. The molecule has 0 fully saturated rings. The summed E-state index contributed by atoms with van der Waals surface area (Å²) >= 11 is 1.60. The number of aromatic nitrogens is 3. The van der Waals surface area contributed by atoms with Crippen LogP contribution in [-0.2, 0) is 19.5 Å². The second-order valence-corrected chi connectivity index (χ2v) is 8.13. The van der Waals surface area contributed by atoms with Crippen molar-refractivity contribution in [3.63, 3.8) is 0 Å². The molecular weight excluding hydrogens is 358 g/mol. The van der Waals surface area contributed by atoms with Crippen molar-refractivity contribution in [2.75, 3.05) is 0 Å². The number of benzene rings is 1. The summed E-state index contributed by atoms with van der Waals surface area (Å²) in [4.78, 5) is 17.6. The van der Waals surface area contributed by atoms with Gasteiger partial charge in [-0.05, 0) is 31.7 Å². The van der Waals surface area contributed by atoms with Crippen molar-refractivity contribution in [3.8, 4) is 0 Å². The molecule has 140 valence electrons. The van der Waals surface area contributed by atoms with E-state index in [1.807, 2.05) is 37.5 Å². The zero-order valence-electron chi connectivity index (χ0n) is 15.3. The quantitative estimate of drug-likeness (QED) is 0.710. The molecule has 1 atom stereocenters. The third-order valence-corrected chi connectivity index (χ3v) is 5.75. The summed E-state index contributed by atoms with van der Waals surface area (Å²) < 4.78 is 2.07. The molecule has 1 aliphatic carbocycles. The lowest BCUT2D eigenvalue weighted by molar-refractivity contribution is 0.235. The third-order valence-electron chi connectivity index (χ3n) is 4.84. The van der Waals surface area contributed by atoms with E-state index in [1.165, 1.54) is 11.3 Å². The number of nitrogens with one attached hydrogen (secondary N) is 2. The smallest absolute Gasteiger partial charge is 0.315 e. The van der Waals surface area contributed by atoms with Crippen LogP contribution in [0.4, 0.5) is 4.79 Å². The molecule has 0 saturated heterocycles. The van der Waals surface area contributed by atoms with Gasteiger partial charge in [-0.25, -0.2) is 9.78 Å². The summed E-state index contributed by atoms with van der Waals surface area (Å²) in [5.74, 6) is 0. The Morgan fingerprint density at radius 3 is 2.93 bits per heavy atom. The highest BCUT2D eigenvalue weighted by atomic mass is 32.1. The van der Waals surface area contributed by atoms with Crippen molar-refractivity contribution >= 4 is 17.4 Å². The van der Waals surface area contributed by atoms with Gasteiger partial charge >= 0.3 is 6.03 Å². The van der Waals surface area contributed by atoms with Crippen LogP contribution in [0, 0.1) is 6.92 Å². The number of hydrogen-bond donors (Lipinski definition) is 2. The van der Waals surface area contributed by atoms with Gasteiger partial charge in [0.15, 0.2) is 0 Å². The monoisotopic (exact) mass is 381 g/mol. The topological polar surface area (TPSA) is 71.8 Å². The lowest BCUT2D eigenvalue weighted by Gasteiger charge is -2.24. The molecular formula is C20H23N5OS. The number of aryl methyl sites for hydroxylation is 1. The van der Waals surface area contributed by atoms with E-state index in [1.54, 1.807) is 11.3 Å². The predicted octanol–water partition coefficient (Wildman–Crippen LogP) is 3.57. The average Bonchev–Trinajstić information content (AvgIpc) is 3.28. The number of hydrogen-bond acceptors (Lipinski definition) is 4. The van der Waals surface area contributed by atoms with Gasteiger partial charge in [0.1, 0.15) is 0 Å². The van der Waals surface area contributed by atoms with Crippen molar-refractivity contribution in [1.29, 1.82) is 0 Å². The molecule has 1 aliphatic rings. The Hall–Kier alpha value is -2.67. The Bertz CT molecular complexity index is 918. The summed E-state index contributed by atoms with van der Waals surface area (Å²) in [5, 5.41) is 11.6. The highest BCUT2D eigenvalue weighted by Crippen LogP contribution is 2.30. The normalized spacial score (nSPS) is 16.0. The standard InChI is InChI=1S/C20H23N5OS/c1-14-21-10-16(27-14)11-22-20(26)24-18-8-5-9-19-17(18)12-23-25(19)13-15-6-3-2-4-7-15/h2-4,6-7,10,12,18H,5,8-9,11,13H2,1H3,(H2,22,24,26). The largest absolute Gasteiger partial charge is 0.333 e. The van der Waals surface area contributed by atoms with Crippen LogP contribution in [0.2, 0.25) is 0 Å². The van der Waals surface area contributed by atoms with Gasteiger partial charge in [-0.3, -0.25) is 4.68 Å². The summed E-state index contributed by atoms with van der Waals surface area (Å²) in [6.45, 7) is 3.23. The Balaban J connectivity index is 1.40. The molecule has 0 aliphatic heterocycles. The van der Waals surface area contributed by atoms with Gasteiger partial charge < -0.3 is 10.6 Å². The van der Waals surface area contributed by atoms with Crippen LogP contribution in [0.15, 0.2) is 42.7 Å². The van der Waals surface area contributed by atoms with E-state index in [0.29, 0.717) is 6.54 Å². The second kappa shape index (κ2) is 7.92. The van der Waals surface area contributed by atoms with Gasteiger partial charge in [0.05, 0.1) is 30.3 Å². The number of carbonyl (C=O) groups excluding carboxylic acids is 1. The maximum Gasteiger partial charge on any atom is 0.315 e. The van der Waals surface area contributed by atoms with E-state index in [4.69, 9.17) is 0 Å². The maximum atomic E-state index is 12.3. The van der Waals surface area contributed by atoms with Crippen LogP contribution >= 0.6 is 11.3 Å². The number of nitrogens with zero attached hydrogens (tertiary/aromatic N) is 3. The lowest BCUT2D eigenvalue weighted by Crippen LogP contribution is -2.38. The number of fused-ring (bicyclic) bond motifs is 1. The Morgan fingerprint density at radius 2 is 2.15 bits per heavy atom. The van der Waals surface area contributed by atoms with Gasteiger partial charge in [0, 0.05) is 22.3 Å². The predicted molar refractivity (Wildman–Crippen MR) is 106 cm³/mol. The minimum Gasteiger partial charge on any atom is -0.333 e. The van der Waals surface area contributed by atoms with Gasteiger partial charge in [-0.2, -0.15) is 5.10 Å². The first-order chi connectivity index (χ1) is 13.2. The summed E-state index contributed by atoms with van der Waals surface area (Å²) in [6.07, 6.45) is 6.72. The van der Waals surface area contributed by atoms with Gasteiger partial charge in [-0.1, -0.05) is 30.3 Å². The number of thiazole rings is 1. The van der Waals surface area contributed by atoms with Crippen molar-refractivity contribution in [2.24, 2.45) is 0 Å². The van der Waals surface area contributed by atoms with Crippen LogP contribution < -0.4 is 10.6 Å². The number of amides is 2. The molecule has 0 radical (unpaired) electrons. The molecule has 0 bridgehead atoms. The molecule has 2 aromatic heterocycles. The summed E-state index contributed by atoms with van der Waals surface area (Å²) in [5.41, 5.74) is 3.60. The van der Waals surface area contributed by atoms with Gasteiger partial charge in [0.2, 0.25) is 0 Å². The van der Waals surface area contributed by atoms with Crippen LogP contribution in [0.5, 0.6) is 0 Å². The Morgan fingerprint density at radius 1 is 1.30 bits per heavy atom. The van der Waals surface area contributed by atoms with E-state index in [0.717, 1.165) is 41.3 Å². The molecule has 2 amide bonds. The average molecular weight is 382 g/mol. The highest BCUT2D eigenvalue weighted by Gasteiger charge is 2.25. The first-order valence-corrected chi connectivity index (χ1v) is 10.0. The van der Waals surface area contributed by atoms with Crippen LogP contribution in [-0.4, -0.2) is 20.8 Å². The van der Waals surface area contributed by atoms with Gasteiger partial charge in [0.25, 0.3) is 0 Å². The molecule has 2 heterocycles. The molecule has 0 spiro atoms. The SMILES string of the molecule is Cc1ncc(CNC(=O)NC2CCCc3c2cnn3Cc2ccccc2)s1. The van der Waals surface area contributed by atoms with Crippen LogP contribution in [0.25, 0.3) is 0 Å². The summed E-state index contributed by atoms with van der Waals surface area (Å²) in [7, 11) is 0. The zero-order chi connectivity index (χ0) is 18.6. The van der Waals surface area contributed by atoms with Crippen molar-refractivity contribution < 1.29 is 4.79 Å². The minimum absolute atomic E-state index is 0.0153. The minimum atomic E-state index is -0.144. The molecule has 7 heteroatoms. The van der Waals surface area contributed by atoms with Crippen LogP contribution in [0.1, 0.15) is 45.6 Å². The fourth-order valence-electron chi connectivity index (χ4n) is 3.52. The fourth-order valence-corrected chi connectivity index (χ4v) is 4.26. The lowest BCUT2D eigenvalue weighted by atomic mass is 9.93. The molecule has 2 N–H and O–H groups in total. The van der Waals surface area contributed by atoms with E-state index >= 15 is 0 Å². The molecule has 6 nitrogen and oxygen atoms in total. The molecule has 1 unspecified atom stereocenters. The van der Waals surface area contributed by atoms with E-state index < -0.39 is 0 Å². The first kappa shape index (κ1) is 17.7. The Kier molecular flexibility index (Phi) is 5.20. The van der Waals surface area contributed by atoms with Crippen molar-refractivity contribution in [1.82, 2.24) is 25.4 Å². The highest BCUT2D eigenvalue weighted by molar-refractivity contribution is 7.11. The molecule has 0 saturated carbocycles.